The predicted molar refractivity (Wildman–Crippen MR) is 50.2 cm³/mol. The Kier molecular flexibility index (Phi) is 3.67. The van der Waals surface area contributed by atoms with Crippen LogP contribution in [0.1, 0.15) is 0 Å². The van der Waals surface area contributed by atoms with Gasteiger partial charge in [-0.1, -0.05) is 11.6 Å². The Morgan fingerprint density at radius 3 is 2.57 bits per heavy atom. The van der Waals surface area contributed by atoms with Crippen LogP contribution in [0.25, 0.3) is 0 Å². The number of halogens is 2. The van der Waals surface area contributed by atoms with E-state index in [-0.39, 0.29) is 6.54 Å². The highest BCUT2D eigenvalue weighted by Gasteiger charge is 2.09. The predicted octanol–water partition coefficient (Wildman–Crippen LogP) is 1.45. The van der Waals surface area contributed by atoms with Crippen molar-refractivity contribution >= 4 is 23.3 Å². The molecule has 0 atom stereocenters. The first-order valence-electron chi connectivity index (χ1n) is 3.72. The summed E-state index contributed by atoms with van der Waals surface area (Å²) in [4.78, 5) is 13.5. The Labute approximate surface area is 84.9 Å². The fourth-order valence-electron chi connectivity index (χ4n) is 0.887. The van der Waals surface area contributed by atoms with Gasteiger partial charge < -0.3 is 0 Å². The molecular formula is C8H8ClFN2O2. The van der Waals surface area contributed by atoms with Crippen LogP contribution in [0.4, 0.5) is 10.2 Å². The molecule has 0 saturated carbocycles. The number of hydrogen-bond donors (Lipinski definition) is 1. The summed E-state index contributed by atoms with van der Waals surface area (Å²) in [5.74, 6) is 4.39. The lowest BCUT2D eigenvalue weighted by Crippen LogP contribution is -2.36. The number of benzene rings is 1. The van der Waals surface area contributed by atoms with Crippen LogP contribution in [0.2, 0.25) is 5.02 Å². The standard InChI is InChI=1S/C8H8ClFN2O2/c9-6-1-3-7(4-2-6)12(11)5-8(13)14-10/h1-4H,5,11H2. The lowest BCUT2D eigenvalue weighted by Gasteiger charge is -2.15. The van der Waals surface area contributed by atoms with Gasteiger partial charge in [0.1, 0.15) is 6.54 Å². The van der Waals surface area contributed by atoms with Crippen LogP contribution < -0.4 is 10.9 Å². The molecule has 0 amide bonds. The minimum Gasteiger partial charge on any atom is -0.300 e. The van der Waals surface area contributed by atoms with Crippen molar-refractivity contribution < 1.29 is 14.3 Å². The van der Waals surface area contributed by atoms with E-state index in [1.54, 1.807) is 24.3 Å². The molecule has 6 heteroatoms. The number of nitrogens with zero attached hydrogens (tertiary/aromatic N) is 1. The van der Waals surface area contributed by atoms with Crippen LogP contribution in [-0.4, -0.2) is 12.5 Å². The summed E-state index contributed by atoms with van der Waals surface area (Å²) in [7, 11) is 0. The average Bonchev–Trinajstić information content (AvgIpc) is 2.18. The van der Waals surface area contributed by atoms with Gasteiger partial charge in [-0.2, -0.15) is 0 Å². The summed E-state index contributed by atoms with van der Waals surface area (Å²) in [6, 6.07) is 6.43. The average molecular weight is 219 g/mol. The van der Waals surface area contributed by atoms with Gasteiger partial charge in [0.2, 0.25) is 0 Å². The van der Waals surface area contributed by atoms with Gasteiger partial charge in [0, 0.05) is 9.55 Å². The molecule has 0 bridgehead atoms. The third-order valence-corrected chi connectivity index (χ3v) is 1.80. The van der Waals surface area contributed by atoms with E-state index >= 15 is 0 Å². The number of carbonyl (C=O) groups is 1. The maximum Gasteiger partial charge on any atom is 0.369 e. The van der Waals surface area contributed by atoms with Crippen LogP contribution in [0, 0.1) is 0 Å². The lowest BCUT2D eigenvalue weighted by molar-refractivity contribution is -0.181. The van der Waals surface area contributed by atoms with Crippen LogP contribution in [0.5, 0.6) is 0 Å². The molecule has 76 valence electrons. The molecule has 1 rings (SSSR count). The fourth-order valence-corrected chi connectivity index (χ4v) is 1.01. The van der Waals surface area contributed by atoms with Crippen LogP contribution >= 0.6 is 11.6 Å². The Morgan fingerprint density at radius 1 is 1.50 bits per heavy atom. The number of hydrazine groups is 1. The van der Waals surface area contributed by atoms with Crippen molar-refractivity contribution in [3.05, 3.63) is 29.3 Å². The zero-order valence-electron chi connectivity index (χ0n) is 7.11. The molecule has 0 aliphatic rings. The molecule has 1 aromatic carbocycles. The third-order valence-electron chi connectivity index (χ3n) is 1.54. The summed E-state index contributed by atoms with van der Waals surface area (Å²) in [6.45, 7) is -0.363. The quantitative estimate of drug-likeness (QED) is 0.616. The van der Waals surface area contributed by atoms with Crippen LogP contribution in [0.15, 0.2) is 24.3 Å². The molecule has 1 aromatic rings. The van der Waals surface area contributed by atoms with Crippen molar-refractivity contribution in [3.8, 4) is 0 Å². The summed E-state index contributed by atoms with van der Waals surface area (Å²) < 4.78 is 11.4. The van der Waals surface area contributed by atoms with Crippen molar-refractivity contribution in [2.45, 2.75) is 0 Å². The smallest absolute Gasteiger partial charge is 0.300 e. The summed E-state index contributed by atoms with van der Waals surface area (Å²) in [6.07, 6.45) is 0. The minimum atomic E-state index is -1.05. The third kappa shape index (κ3) is 2.86. The molecular weight excluding hydrogens is 211 g/mol. The molecule has 0 aliphatic heterocycles. The lowest BCUT2D eigenvalue weighted by atomic mass is 10.3. The molecule has 4 nitrogen and oxygen atoms in total. The van der Waals surface area contributed by atoms with Crippen molar-refractivity contribution in [3.63, 3.8) is 0 Å². The van der Waals surface area contributed by atoms with Gasteiger partial charge in [-0.25, -0.2) is 10.6 Å². The van der Waals surface area contributed by atoms with E-state index in [4.69, 9.17) is 17.4 Å². The van der Waals surface area contributed by atoms with Crippen molar-refractivity contribution in [2.75, 3.05) is 11.6 Å². The Bertz CT molecular complexity index is 318. The number of nitrogens with two attached hydrogens (primary N) is 1. The van der Waals surface area contributed by atoms with Gasteiger partial charge in [0.25, 0.3) is 0 Å². The Hall–Kier alpha value is -1.33. The van der Waals surface area contributed by atoms with Crippen molar-refractivity contribution in [1.82, 2.24) is 0 Å². The highest BCUT2D eigenvalue weighted by molar-refractivity contribution is 6.30. The topological polar surface area (TPSA) is 55.6 Å². The molecule has 0 aromatic heterocycles. The monoisotopic (exact) mass is 218 g/mol. The second-order valence-electron chi connectivity index (χ2n) is 2.55. The van der Waals surface area contributed by atoms with E-state index in [0.29, 0.717) is 10.7 Å². The van der Waals surface area contributed by atoms with E-state index in [1.165, 1.54) is 0 Å². The Morgan fingerprint density at radius 2 is 2.07 bits per heavy atom. The number of carbonyl (C=O) groups excluding carboxylic acids is 1. The number of hydrogen-bond acceptors (Lipinski definition) is 4. The molecule has 0 radical (unpaired) electrons. The summed E-state index contributed by atoms with van der Waals surface area (Å²) in [5, 5.41) is 1.60. The first-order valence-corrected chi connectivity index (χ1v) is 4.10. The molecule has 0 saturated heterocycles. The van der Waals surface area contributed by atoms with Crippen LogP contribution in [0.3, 0.4) is 0 Å². The van der Waals surface area contributed by atoms with Crippen molar-refractivity contribution in [2.24, 2.45) is 5.84 Å². The number of anilines is 1. The van der Waals surface area contributed by atoms with Gasteiger partial charge >= 0.3 is 5.97 Å². The van der Waals surface area contributed by atoms with E-state index in [9.17, 15) is 9.32 Å². The zero-order chi connectivity index (χ0) is 10.6. The van der Waals surface area contributed by atoms with Gasteiger partial charge in [0.15, 0.2) is 0 Å². The fraction of sp³-hybridized carbons (Fsp3) is 0.125. The van der Waals surface area contributed by atoms with Gasteiger partial charge in [-0.05, 0) is 24.3 Å². The van der Waals surface area contributed by atoms with Gasteiger partial charge in [-0.15, -0.1) is 0 Å². The van der Waals surface area contributed by atoms with E-state index in [0.717, 1.165) is 5.01 Å². The second-order valence-corrected chi connectivity index (χ2v) is 2.99. The van der Waals surface area contributed by atoms with Crippen LogP contribution in [-0.2, 0) is 9.74 Å². The normalized spacial score (nSPS) is 9.64. The molecule has 2 N–H and O–H groups in total. The maximum atomic E-state index is 11.4. The summed E-state index contributed by atoms with van der Waals surface area (Å²) >= 11 is 5.64. The highest BCUT2D eigenvalue weighted by Crippen LogP contribution is 2.15. The van der Waals surface area contributed by atoms with Gasteiger partial charge in [0.05, 0.1) is 5.69 Å². The SMILES string of the molecule is NN(CC(=O)OF)c1ccc(Cl)cc1. The van der Waals surface area contributed by atoms with E-state index < -0.39 is 5.97 Å². The minimum absolute atomic E-state index is 0.363. The highest BCUT2D eigenvalue weighted by atomic mass is 35.5. The molecule has 0 spiro atoms. The largest absolute Gasteiger partial charge is 0.369 e. The maximum absolute atomic E-state index is 11.4. The zero-order valence-corrected chi connectivity index (χ0v) is 7.87. The molecule has 0 aliphatic carbocycles. The Balaban J connectivity index is 2.65. The first kappa shape index (κ1) is 10.7. The molecule has 0 fully saturated rings. The number of rotatable bonds is 3. The van der Waals surface area contributed by atoms with Gasteiger partial charge in [-0.3, -0.25) is 9.95 Å². The van der Waals surface area contributed by atoms with Crippen molar-refractivity contribution in [1.29, 1.82) is 0 Å². The first-order chi connectivity index (χ1) is 6.63. The van der Waals surface area contributed by atoms with E-state index in [1.807, 2.05) is 0 Å². The second kappa shape index (κ2) is 4.78. The molecule has 14 heavy (non-hydrogen) atoms. The molecule has 0 unspecified atom stereocenters. The summed E-state index contributed by atoms with van der Waals surface area (Å²) in [5.41, 5.74) is 0.541. The molecule has 0 heterocycles. The van der Waals surface area contributed by atoms with E-state index in [2.05, 4.69) is 4.94 Å².